The molecule has 0 bridgehead atoms. The van der Waals surface area contributed by atoms with E-state index >= 15 is 0 Å². The molecule has 0 aliphatic rings. The van der Waals surface area contributed by atoms with Crippen LogP contribution in [0.5, 0.6) is 0 Å². The van der Waals surface area contributed by atoms with E-state index in [1.165, 1.54) is 141 Å². The third-order valence-corrected chi connectivity index (χ3v) is 9.53. The topological polar surface area (TPSA) is 92.7 Å². The van der Waals surface area contributed by atoms with Crippen LogP contribution in [0.3, 0.4) is 0 Å². The summed E-state index contributed by atoms with van der Waals surface area (Å²) in [6.07, 6.45) is 40.9. The van der Waals surface area contributed by atoms with Crippen LogP contribution in [0.25, 0.3) is 0 Å². The van der Waals surface area contributed by atoms with Gasteiger partial charge in [0.05, 0.1) is 0 Å². The molecular formula is C41H79NO5. The smallest absolute Gasteiger partial charge is 0.322 e. The molecular weight excluding hydrogens is 586 g/mol. The molecule has 6 heteroatoms. The zero-order valence-corrected chi connectivity index (χ0v) is 31.4. The second-order valence-electron chi connectivity index (χ2n) is 14.3. The first kappa shape index (κ1) is 45.4. The molecule has 0 aromatic heterocycles. The van der Waals surface area contributed by atoms with Crippen LogP contribution in [-0.2, 0) is 19.1 Å². The predicted octanol–water partition coefficient (Wildman–Crippen LogP) is 12.4. The zero-order valence-electron chi connectivity index (χ0n) is 31.4. The average molecular weight is 666 g/mol. The second kappa shape index (κ2) is 37.2. The molecule has 0 rings (SSSR count). The summed E-state index contributed by atoms with van der Waals surface area (Å²) in [5, 5.41) is 11.1. The number of carbonyl (C=O) groups excluding carboxylic acids is 2. The second-order valence-corrected chi connectivity index (χ2v) is 14.3. The fourth-order valence-electron chi connectivity index (χ4n) is 6.46. The van der Waals surface area contributed by atoms with Gasteiger partial charge in [0.2, 0.25) is 5.91 Å². The summed E-state index contributed by atoms with van der Waals surface area (Å²) >= 11 is 0. The molecule has 0 aliphatic carbocycles. The van der Waals surface area contributed by atoms with Gasteiger partial charge in [-0.1, -0.05) is 181 Å². The number of carboxylic acids is 1. The molecule has 1 amide bonds. The molecule has 0 saturated carbocycles. The number of carbonyl (C=O) groups is 3. The minimum Gasteiger partial charge on any atom is -0.480 e. The molecule has 1 unspecified atom stereocenters. The van der Waals surface area contributed by atoms with E-state index in [1.54, 1.807) is 0 Å². The summed E-state index contributed by atoms with van der Waals surface area (Å²) in [4.78, 5) is 34.9. The molecule has 0 fully saturated rings. The molecule has 1 atom stereocenters. The van der Waals surface area contributed by atoms with E-state index in [1.807, 2.05) is 0 Å². The lowest BCUT2D eigenvalue weighted by atomic mass is 10.0. The van der Waals surface area contributed by atoms with Crippen LogP contribution >= 0.6 is 0 Å². The summed E-state index contributed by atoms with van der Waals surface area (Å²) < 4.78 is 5.99. The molecule has 0 saturated heterocycles. The van der Waals surface area contributed by atoms with Crippen LogP contribution in [0.15, 0.2) is 0 Å². The zero-order chi connectivity index (χ0) is 34.5. The van der Waals surface area contributed by atoms with Gasteiger partial charge in [-0.2, -0.15) is 0 Å². The number of hydrogen-bond donors (Lipinski definition) is 2. The largest absolute Gasteiger partial charge is 0.480 e. The van der Waals surface area contributed by atoms with Gasteiger partial charge < -0.3 is 15.2 Å². The predicted molar refractivity (Wildman–Crippen MR) is 199 cm³/mol. The van der Waals surface area contributed by atoms with Crippen LogP contribution in [0.4, 0.5) is 0 Å². The molecule has 6 nitrogen and oxygen atoms in total. The molecule has 2 N–H and O–H groups in total. The van der Waals surface area contributed by atoms with E-state index in [4.69, 9.17) is 9.84 Å². The number of ether oxygens (including phenoxy) is 1. The van der Waals surface area contributed by atoms with E-state index in [0.29, 0.717) is 12.8 Å². The van der Waals surface area contributed by atoms with Crippen molar-refractivity contribution in [2.24, 2.45) is 0 Å². The molecule has 0 heterocycles. The molecule has 0 aliphatic heterocycles. The van der Waals surface area contributed by atoms with Gasteiger partial charge in [-0.05, 0) is 38.5 Å². The highest BCUT2D eigenvalue weighted by molar-refractivity contribution is 5.80. The van der Waals surface area contributed by atoms with Gasteiger partial charge >= 0.3 is 11.9 Å². The minimum absolute atomic E-state index is 0.0122. The normalized spacial score (nSPS) is 11.9. The highest BCUT2D eigenvalue weighted by atomic mass is 16.5. The highest BCUT2D eigenvalue weighted by Crippen LogP contribution is 2.19. The van der Waals surface area contributed by atoms with Gasteiger partial charge in [0.25, 0.3) is 0 Å². The summed E-state index contributed by atoms with van der Waals surface area (Å²) in [6.45, 7) is 4.23. The quantitative estimate of drug-likeness (QED) is 0.0506. The van der Waals surface area contributed by atoms with Gasteiger partial charge in [-0.15, -0.1) is 0 Å². The number of amides is 1. The molecule has 0 aromatic carbocycles. The fourth-order valence-corrected chi connectivity index (χ4v) is 6.46. The molecule has 0 aromatic rings. The number of nitrogens with one attached hydrogen (secondary N) is 1. The van der Waals surface area contributed by atoms with Gasteiger partial charge in [0, 0.05) is 12.8 Å². The Bertz CT molecular complexity index is 697. The maximum Gasteiger partial charge on any atom is 0.322 e. The molecule has 0 radical (unpaired) electrons. The molecule has 0 spiro atoms. The Morgan fingerprint density at radius 1 is 0.468 bits per heavy atom. The first-order chi connectivity index (χ1) is 23.0. The number of hydrogen-bond acceptors (Lipinski definition) is 4. The van der Waals surface area contributed by atoms with Crippen LogP contribution in [0, 0.1) is 0 Å². The number of esters is 1. The summed E-state index contributed by atoms with van der Waals surface area (Å²) in [6, 6.07) is 0. The number of rotatable bonds is 38. The van der Waals surface area contributed by atoms with Crippen molar-refractivity contribution in [2.45, 2.75) is 238 Å². The van der Waals surface area contributed by atoms with Gasteiger partial charge in [0.15, 0.2) is 0 Å². The fraction of sp³-hybridized carbons (Fsp3) is 0.927. The summed E-state index contributed by atoms with van der Waals surface area (Å²) in [7, 11) is 0. The van der Waals surface area contributed by atoms with E-state index in [9.17, 15) is 14.4 Å². The van der Waals surface area contributed by atoms with Gasteiger partial charge in [-0.25, -0.2) is 0 Å². The Morgan fingerprint density at radius 3 is 1.15 bits per heavy atom. The lowest BCUT2D eigenvalue weighted by Crippen LogP contribution is -2.28. The number of carboxylic acid groups (broad SMARTS) is 1. The minimum atomic E-state index is -1.01. The third kappa shape index (κ3) is 37.1. The Kier molecular flexibility index (Phi) is 36.0. The number of unbranched alkanes of at least 4 members (excludes halogenated alkanes) is 27. The average Bonchev–Trinajstić information content (AvgIpc) is 3.05. The monoisotopic (exact) mass is 666 g/mol. The first-order valence-electron chi connectivity index (χ1n) is 20.7. The van der Waals surface area contributed by atoms with Crippen molar-refractivity contribution in [2.75, 3.05) is 6.54 Å². The third-order valence-electron chi connectivity index (χ3n) is 9.53. The summed E-state index contributed by atoms with van der Waals surface area (Å²) in [5.74, 6) is -1.22. The maximum absolute atomic E-state index is 12.7. The SMILES string of the molecule is CCCCCCCCCCCCCCCCCCCCC(=O)OC(CCCCCCCCC)CCCCCCCC(=O)NCC(=O)O. The van der Waals surface area contributed by atoms with Crippen LogP contribution < -0.4 is 5.32 Å². The first-order valence-corrected chi connectivity index (χ1v) is 20.7. The van der Waals surface area contributed by atoms with Gasteiger partial charge in [0.1, 0.15) is 12.6 Å². The Hall–Kier alpha value is -1.59. The maximum atomic E-state index is 12.7. The lowest BCUT2D eigenvalue weighted by Gasteiger charge is -2.18. The van der Waals surface area contributed by atoms with E-state index < -0.39 is 5.97 Å². The van der Waals surface area contributed by atoms with Crippen molar-refractivity contribution < 1.29 is 24.2 Å². The van der Waals surface area contributed by atoms with E-state index in [0.717, 1.165) is 64.2 Å². The van der Waals surface area contributed by atoms with Crippen LogP contribution in [0.2, 0.25) is 0 Å². The van der Waals surface area contributed by atoms with Crippen molar-refractivity contribution in [3.63, 3.8) is 0 Å². The Labute approximate surface area is 291 Å². The van der Waals surface area contributed by atoms with Gasteiger partial charge in [-0.3, -0.25) is 14.4 Å². The van der Waals surface area contributed by atoms with E-state index in [2.05, 4.69) is 19.2 Å². The summed E-state index contributed by atoms with van der Waals surface area (Å²) in [5.41, 5.74) is 0. The van der Waals surface area contributed by atoms with Crippen molar-refractivity contribution in [1.29, 1.82) is 0 Å². The van der Waals surface area contributed by atoms with Crippen molar-refractivity contribution in [3.05, 3.63) is 0 Å². The van der Waals surface area contributed by atoms with Crippen LogP contribution in [-0.4, -0.2) is 35.6 Å². The van der Waals surface area contributed by atoms with Crippen molar-refractivity contribution >= 4 is 17.8 Å². The standard InChI is InChI=1S/C41H79NO5/c1-3-5-7-9-11-12-13-14-15-16-17-18-19-20-21-23-28-32-36-41(46)47-38(33-29-25-22-10-8-6-4-2)34-30-26-24-27-31-35-39(43)42-37-40(44)45/h38H,3-37H2,1-2H3,(H,42,43)(H,44,45). The Balaban J connectivity index is 3.93. The molecule has 47 heavy (non-hydrogen) atoms. The van der Waals surface area contributed by atoms with Crippen molar-refractivity contribution in [1.82, 2.24) is 5.32 Å². The molecule has 278 valence electrons. The van der Waals surface area contributed by atoms with E-state index in [-0.39, 0.29) is 24.5 Å². The number of aliphatic carboxylic acids is 1. The van der Waals surface area contributed by atoms with Crippen LogP contribution in [0.1, 0.15) is 232 Å². The lowest BCUT2D eigenvalue weighted by molar-refractivity contribution is -0.150. The Morgan fingerprint density at radius 2 is 0.787 bits per heavy atom. The van der Waals surface area contributed by atoms with Crippen molar-refractivity contribution in [3.8, 4) is 0 Å². The highest BCUT2D eigenvalue weighted by Gasteiger charge is 2.14.